The van der Waals surface area contributed by atoms with Gasteiger partial charge >= 0.3 is 5.97 Å². The van der Waals surface area contributed by atoms with Gasteiger partial charge in [-0.25, -0.2) is 14.3 Å². The number of nitrogens with zero attached hydrogens (tertiary/aromatic N) is 4. The van der Waals surface area contributed by atoms with E-state index in [1.807, 2.05) is 42.6 Å². The van der Waals surface area contributed by atoms with Crippen LogP contribution in [0.4, 0.5) is 5.88 Å². The summed E-state index contributed by atoms with van der Waals surface area (Å²) in [6.45, 7) is 2.68. The lowest BCUT2D eigenvalue weighted by molar-refractivity contribution is -0.123. The molecule has 1 fully saturated rings. The highest BCUT2D eigenvalue weighted by molar-refractivity contribution is 6.02. The van der Waals surface area contributed by atoms with Crippen molar-refractivity contribution < 1.29 is 23.8 Å². The summed E-state index contributed by atoms with van der Waals surface area (Å²) in [5, 5.41) is 14.5. The molecule has 3 heterocycles. The summed E-state index contributed by atoms with van der Waals surface area (Å²) in [4.78, 5) is 31.4. The Morgan fingerprint density at radius 3 is 2.54 bits per heavy atom. The Labute approximate surface area is 214 Å². The number of carboxylic acids is 1. The first kappa shape index (κ1) is 24.7. The van der Waals surface area contributed by atoms with E-state index in [0.29, 0.717) is 17.2 Å². The van der Waals surface area contributed by atoms with E-state index in [9.17, 15) is 14.7 Å². The number of fused-ring (bicyclic) bond motifs is 1. The highest BCUT2D eigenvalue weighted by atomic mass is 16.5. The van der Waals surface area contributed by atoms with Crippen molar-refractivity contribution in [3.63, 3.8) is 0 Å². The normalized spacial score (nSPS) is 17.7. The topological polar surface area (TPSA) is 110 Å². The molecule has 0 radical (unpaired) electrons. The van der Waals surface area contributed by atoms with Crippen LogP contribution in [0, 0.1) is 11.8 Å². The Balaban J connectivity index is 1.45. The van der Waals surface area contributed by atoms with Gasteiger partial charge in [0.15, 0.2) is 5.65 Å². The predicted octanol–water partition coefficient (Wildman–Crippen LogP) is 5.16. The van der Waals surface area contributed by atoms with E-state index in [1.165, 1.54) is 11.0 Å². The second-order valence-corrected chi connectivity index (χ2v) is 9.60. The van der Waals surface area contributed by atoms with Crippen LogP contribution in [-0.2, 0) is 9.53 Å². The standard InChI is InChI=1S/C28H30N4O5/c1-18-4-6-21(7-5-18)26(33)31(14-15-36-2)27-22(28(34)35)16-24(37-27)20-10-8-19(9-11-20)23-17-25-29-12-3-13-32(25)30-23/h3,8-13,16-18,21H,4-7,14-15H2,1-2H3,(H,34,35). The first-order valence-electron chi connectivity index (χ1n) is 12.5. The van der Waals surface area contributed by atoms with E-state index in [-0.39, 0.29) is 36.4 Å². The molecule has 192 valence electrons. The van der Waals surface area contributed by atoms with Crippen LogP contribution in [0.1, 0.15) is 43.0 Å². The van der Waals surface area contributed by atoms with Crippen molar-refractivity contribution in [1.82, 2.24) is 14.6 Å². The van der Waals surface area contributed by atoms with Crippen molar-refractivity contribution in [2.24, 2.45) is 11.8 Å². The van der Waals surface area contributed by atoms with E-state index >= 15 is 0 Å². The lowest BCUT2D eigenvalue weighted by Crippen LogP contribution is -2.40. The molecule has 0 bridgehead atoms. The van der Waals surface area contributed by atoms with Crippen molar-refractivity contribution in [2.45, 2.75) is 32.6 Å². The number of amides is 1. The Hall–Kier alpha value is -3.98. The zero-order chi connectivity index (χ0) is 25.9. The molecule has 9 nitrogen and oxygen atoms in total. The van der Waals surface area contributed by atoms with Gasteiger partial charge in [-0.1, -0.05) is 31.2 Å². The monoisotopic (exact) mass is 502 g/mol. The van der Waals surface area contributed by atoms with Crippen LogP contribution in [-0.4, -0.2) is 51.8 Å². The molecule has 0 spiro atoms. The number of carbonyl (C=O) groups is 2. The number of hydrogen-bond acceptors (Lipinski definition) is 6. The fraction of sp³-hybridized carbons (Fsp3) is 0.357. The number of carboxylic acid groups (broad SMARTS) is 1. The molecule has 37 heavy (non-hydrogen) atoms. The van der Waals surface area contributed by atoms with E-state index in [1.54, 1.807) is 17.8 Å². The minimum atomic E-state index is -1.15. The van der Waals surface area contributed by atoms with Crippen molar-refractivity contribution in [2.75, 3.05) is 25.2 Å². The smallest absolute Gasteiger partial charge is 0.341 e. The molecule has 4 aromatic rings. The highest BCUT2D eigenvalue weighted by Gasteiger charge is 2.33. The minimum absolute atomic E-state index is 0.0425. The summed E-state index contributed by atoms with van der Waals surface area (Å²) in [6.07, 6.45) is 7.10. The number of hydrogen-bond donors (Lipinski definition) is 1. The summed E-state index contributed by atoms with van der Waals surface area (Å²) >= 11 is 0. The van der Waals surface area contributed by atoms with Crippen molar-refractivity contribution in [1.29, 1.82) is 0 Å². The molecule has 9 heteroatoms. The van der Waals surface area contributed by atoms with E-state index in [0.717, 1.165) is 42.6 Å². The minimum Gasteiger partial charge on any atom is -0.477 e. The first-order valence-corrected chi connectivity index (χ1v) is 12.5. The summed E-state index contributed by atoms with van der Waals surface area (Å²) in [5.74, 6) is -0.375. The number of carbonyl (C=O) groups excluding carboxylic acids is 1. The largest absolute Gasteiger partial charge is 0.477 e. The van der Waals surface area contributed by atoms with Crippen LogP contribution in [0.2, 0.25) is 0 Å². The first-order chi connectivity index (χ1) is 17.9. The highest BCUT2D eigenvalue weighted by Crippen LogP contribution is 2.36. The molecule has 0 saturated heterocycles. The van der Waals surface area contributed by atoms with Gasteiger partial charge in [0.25, 0.3) is 0 Å². The summed E-state index contributed by atoms with van der Waals surface area (Å²) < 4.78 is 13.0. The van der Waals surface area contributed by atoms with E-state index < -0.39 is 5.97 Å². The lowest BCUT2D eigenvalue weighted by Gasteiger charge is -2.30. The number of aromatic nitrogens is 3. The van der Waals surface area contributed by atoms with Crippen LogP contribution in [0.3, 0.4) is 0 Å². The van der Waals surface area contributed by atoms with Gasteiger partial charge in [-0.05, 0) is 37.7 Å². The van der Waals surface area contributed by atoms with E-state index in [4.69, 9.17) is 9.15 Å². The Bertz CT molecular complexity index is 1370. The maximum absolute atomic E-state index is 13.5. The zero-order valence-corrected chi connectivity index (χ0v) is 21.0. The van der Waals surface area contributed by atoms with Crippen molar-refractivity contribution in [3.05, 3.63) is 60.4 Å². The molecule has 0 aliphatic heterocycles. The average Bonchev–Trinajstić information content (AvgIpc) is 3.55. The molecule has 1 saturated carbocycles. The molecule has 1 aliphatic rings. The zero-order valence-electron chi connectivity index (χ0n) is 21.0. The van der Waals surface area contributed by atoms with Crippen LogP contribution in [0.5, 0.6) is 0 Å². The maximum Gasteiger partial charge on any atom is 0.341 e. The molecule has 1 aliphatic carbocycles. The van der Waals surface area contributed by atoms with Gasteiger partial charge in [0, 0.05) is 48.7 Å². The maximum atomic E-state index is 13.5. The van der Waals surface area contributed by atoms with Gasteiger partial charge in [0.05, 0.1) is 18.8 Å². The van der Waals surface area contributed by atoms with Crippen molar-refractivity contribution in [3.8, 4) is 22.6 Å². The third kappa shape index (κ3) is 5.13. The molecular weight excluding hydrogens is 472 g/mol. The molecule has 1 N–H and O–H groups in total. The predicted molar refractivity (Wildman–Crippen MR) is 138 cm³/mol. The summed E-state index contributed by atoms with van der Waals surface area (Å²) in [6, 6.07) is 12.7. The van der Waals surface area contributed by atoms with Gasteiger partial charge in [0.2, 0.25) is 11.8 Å². The van der Waals surface area contributed by atoms with Crippen LogP contribution in [0.15, 0.2) is 59.3 Å². The Morgan fingerprint density at radius 1 is 1.14 bits per heavy atom. The Morgan fingerprint density at radius 2 is 1.86 bits per heavy atom. The molecule has 0 atom stereocenters. The quantitative estimate of drug-likeness (QED) is 0.354. The van der Waals surface area contributed by atoms with Gasteiger partial charge in [-0.2, -0.15) is 5.10 Å². The third-order valence-electron chi connectivity index (χ3n) is 7.04. The summed E-state index contributed by atoms with van der Waals surface area (Å²) in [7, 11) is 1.55. The number of rotatable bonds is 8. The van der Waals surface area contributed by atoms with Crippen molar-refractivity contribution >= 4 is 23.4 Å². The average molecular weight is 503 g/mol. The molecule has 0 unspecified atom stereocenters. The van der Waals surface area contributed by atoms with Crippen LogP contribution in [0.25, 0.3) is 28.2 Å². The second kappa shape index (κ2) is 10.6. The molecular formula is C28H30N4O5. The number of aromatic carboxylic acids is 1. The van der Waals surface area contributed by atoms with Gasteiger partial charge in [-0.3, -0.25) is 9.69 Å². The fourth-order valence-electron chi connectivity index (χ4n) is 4.88. The third-order valence-corrected chi connectivity index (χ3v) is 7.04. The fourth-order valence-corrected chi connectivity index (χ4v) is 4.88. The van der Waals surface area contributed by atoms with Crippen LogP contribution < -0.4 is 4.90 Å². The second-order valence-electron chi connectivity index (χ2n) is 9.60. The molecule has 1 amide bonds. The van der Waals surface area contributed by atoms with Gasteiger partial charge in [-0.15, -0.1) is 0 Å². The molecule has 3 aromatic heterocycles. The number of benzene rings is 1. The van der Waals surface area contributed by atoms with Gasteiger partial charge in [0.1, 0.15) is 11.3 Å². The number of ether oxygens (including phenoxy) is 1. The number of methoxy groups -OCH3 is 1. The number of anilines is 1. The number of furan rings is 1. The lowest BCUT2D eigenvalue weighted by atomic mass is 9.82. The SMILES string of the molecule is COCCN(C(=O)C1CCC(C)CC1)c1oc(-c2ccc(-c3cc4ncccn4n3)cc2)cc1C(=O)O. The van der Waals surface area contributed by atoms with Crippen LogP contribution >= 0.6 is 0 Å². The summed E-state index contributed by atoms with van der Waals surface area (Å²) in [5.41, 5.74) is 3.07. The Kier molecular flexibility index (Phi) is 7.05. The molecule has 5 rings (SSSR count). The van der Waals surface area contributed by atoms with Gasteiger partial charge < -0.3 is 14.3 Å². The van der Waals surface area contributed by atoms with E-state index in [2.05, 4.69) is 17.0 Å². The molecule has 1 aromatic carbocycles.